The predicted molar refractivity (Wildman–Crippen MR) is 91.7 cm³/mol. The molecule has 0 unspecified atom stereocenters. The van der Waals surface area contributed by atoms with Crippen molar-refractivity contribution in [1.29, 1.82) is 0 Å². The maximum Gasteiger partial charge on any atom is 0.137 e. The van der Waals surface area contributed by atoms with Crippen molar-refractivity contribution in [2.24, 2.45) is 5.92 Å². The molecule has 0 aliphatic heterocycles. The van der Waals surface area contributed by atoms with Gasteiger partial charge in [-0.3, -0.25) is 0 Å². The Kier molecular flexibility index (Phi) is 4.64. The summed E-state index contributed by atoms with van der Waals surface area (Å²) in [5, 5.41) is 5.05. The number of hydrogen-bond acceptors (Lipinski definition) is 5. The van der Waals surface area contributed by atoms with E-state index in [1.54, 1.807) is 11.3 Å². The normalized spacial score (nSPS) is 14.4. The largest absolute Gasteiger partial charge is 0.365 e. The fourth-order valence-electron chi connectivity index (χ4n) is 2.46. The van der Waals surface area contributed by atoms with Crippen molar-refractivity contribution in [3.8, 4) is 0 Å². The van der Waals surface area contributed by atoms with Crippen LogP contribution in [0, 0.1) is 26.7 Å². The summed E-state index contributed by atoms with van der Waals surface area (Å²) in [5.41, 5.74) is 2.00. The molecule has 0 atom stereocenters. The number of aryl methyl sites for hydroxylation is 3. The monoisotopic (exact) mass is 336 g/mol. The second-order valence-electron chi connectivity index (χ2n) is 5.98. The second-order valence-corrected chi connectivity index (χ2v) is 7.63. The molecule has 1 N–H and O–H groups in total. The lowest BCUT2D eigenvalue weighted by Gasteiger charge is -2.11. The minimum absolute atomic E-state index is 0.556. The first kappa shape index (κ1) is 15.7. The molecule has 3 rings (SSSR count). The van der Waals surface area contributed by atoms with Gasteiger partial charge in [0.2, 0.25) is 0 Å². The lowest BCUT2D eigenvalue weighted by atomic mass is 10.2. The quantitative estimate of drug-likeness (QED) is 0.791. The Morgan fingerprint density at radius 3 is 2.59 bits per heavy atom. The number of anilines is 1. The van der Waals surface area contributed by atoms with E-state index < -0.39 is 0 Å². The van der Waals surface area contributed by atoms with Gasteiger partial charge in [0.15, 0.2) is 0 Å². The van der Waals surface area contributed by atoms with Crippen LogP contribution in [0.4, 0.5) is 5.82 Å². The molecule has 118 valence electrons. The zero-order chi connectivity index (χ0) is 15.7. The summed E-state index contributed by atoms with van der Waals surface area (Å²) < 4.78 is 0. The lowest BCUT2D eigenvalue weighted by Crippen LogP contribution is -2.07. The predicted octanol–water partition coefficient (Wildman–Crippen LogP) is 4.47. The highest BCUT2D eigenvalue weighted by Gasteiger charge is 2.21. The van der Waals surface area contributed by atoms with Crippen LogP contribution in [0.15, 0.2) is 0 Å². The summed E-state index contributed by atoms with van der Waals surface area (Å²) in [5.74, 6) is 2.57. The molecular formula is C16H21ClN4S. The third kappa shape index (κ3) is 3.76. The first-order valence-electron chi connectivity index (χ1n) is 7.72. The summed E-state index contributed by atoms with van der Waals surface area (Å²) >= 11 is 7.99. The molecule has 0 spiro atoms. The van der Waals surface area contributed by atoms with E-state index in [1.807, 2.05) is 20.8 Å². The van der Waals surface area contributed by atoms with Crippen molar-refractivity contribution in [2.45, 2.75) is 53.0 Å². The van der Waals surface area contributed by atoms with Crippen LogP contribution in [0.5, 0.6) is 0 Å². The zero-order valence-electron chi connectivity index (χ0n) is 13.2. The second kappa shape index (κ2) is 6.50. The third-order valence-electron chi connectivity index (χ3n) is 4.02. The summed E-state index contributed by atoms with van der Waals surface area (Å²) in [7, 11) is 0. The summed E-state index contributed by atoms with van der Waals surface area (Å²) in [6, 6.07) is 0. The van der Waals surface area contributed by atoms with E-state index in [0.717, 1.165) is 46.8 Å². The number of thiazole rings is 1. The fraction of sp³-hybridized carbons (Fsp3) is 0.562. The van der Waals surface area contributed by atoms with Gasteiger partial charge in [-0.2, -0.15) is 0 Å². The Morgan fingerprint density at radius 1 is 1.18 bits per heavy atom. The third-order valence-corrected chi connectivity index (χ3v) is 5.46. The minimum atomic E-state index is 0.556. The molecule has 0 amide bonds. The van der Waals surface area contributed by atoms with Crippen LogP contribution < -0.4 is 5.32 Å². The SMILES string of the molecule is Cc1nc(C)c(CNc2nc(CCC3CC3)nc(Cl)c2C)s1. The minimum Gasteiger partial charge on any atom is -0.365 e. The molecule has 4 nitrogen and oxygen atoms in total. The van der Waals surface area contributed by atoms with Crippen LogP contribution in [-0.4, -0.2) is 15.0 Å². The van der Waals surface area contributed by atoms with Gasteiger partial charge < -0.3 is 5.32 Å². The maximum absolute atomic E-state index is 6.27. The molecule has 0 radical (unpaired) electrons. The topological polar surface area (TPSA) is 50.7 Å². The van der Waals surface area contributed by atoms with Crippen LogP contribution >= 0.6 is 22.9 Å². The van der Waals surface area contributed by atoms with Gasteiger partial charge in [0.25, 0.3) is 0 Å². The first-order chi connectivity index (χ1) is 10.5. The molecule has 1 saturated carbocycles. The van der Waals surface area contributed by atoms with E-state index in [2.05, 4.69) is 20.3 Å². The van der Waals surface area contributed by atoms with Crippen LogP contribution in [0.3, 0.4) is 0 Å². The van der Waals surface area contributed by atoms with Gasteiger partial charge in [0.1, 0.15) is 16.8 Å². The summed E-state index contributed by atoms with van der Waals surface area (Å²) in [6.07, 6.45) is 4.80. The number of nitrogens with one attached hydrogen (secondary N) is 1. The smallest absolute Gasteiger partial charge is 0.137 e. The summed E-state index contributed by atoms with van der Waals surface area (Å²) in [4.78, 5) is 14.8. The molecule has 22 heavy (non-hydrogen) atoms. The van der Waals surface area contributed by atoms with Crippen LogP contribution in [0.1, 0.15) is 46.2 Å². The van der Waals surface area contributed by atoms with Gasteiger partial charge in [-0.15, -0.1) is 11.3 Å². The van der Waals surface area contributed by atoms with Crippen LogP contribution in [-0.2, 0) is 13.0 Å². The van der Waals surface area contributed by atoms with Crippen LogP contribution in [0.2, 0.25) is 5.15 Å². The molecule has 2 aromatic heterocycles. The molecular weight excluding hydrogens is 316 g/mol. The number of nitrogens with zero attached hydrogens (tertiary/aromatic N) is 3. The Labute approximate surface area is 140 Å². The molecule has 1 aliphatic carbocycles. The van der Waals surface area contributed by atoms with Gasteiger partial charge in [-0.1, -0.05) is 24.4 Å². The molecule has 0 saturated heterocycles. The van der Waals surface area contributed by atoms with Crippen molar-refractivity contribution in [2.75, 3.05) is 5.32 Å². The van der Waals surface area contributed by atoms with E-state index in [9.17, 15) is 0 Å². The molecule has 1 fully saturated rings. The highest BCUT2D eigenvalue weighted by molar-refractivity contribution is 7.11. The van der Waals surface area contributed by atoms with Crippen LogP contribution in [0.25, 0.3) is 0 Å². The number of halogens is 1. The Bertz CT molecular complexity index is 679. The standard InChI is InChI=1S/C16H21ClN4S/c1-9-15(17)20-14(7-6-12-4-5-12)21-16(9)18-8-13-10(2)19-11(3)22-13/h12H,4-8H2,1-3H3,(H,18,20,21). The molecule has 0 aromatic carbocycles. The zero-order valence-corrected chi connectivity index (χ0v) is 14.8. The average molecular weight is 337 g/mol. The number of rotatable bonds is 6. The maximum atomic E-state index is 6.27. The molecule has 6 heteroatoms. The Morgan fingerprint density at radius 2 is 1.95 bits per heavy atom. The first-order valence-corrected chi connectivity index (χ1v) is 8.92. The van der Waals surface area contributed by atoms with Gasteiger partial charge >= 0.3 is 0 Å². The molecule has 2 heterocycles. The van der Waals surface area contributed by atoms with Crippen molar-refractivity contribution in [1.82, 2.24) is 15.0 Å². The van der Waals surface area contributed by atoms with E-state index >= 15 is 0 Å². The van der Waals surface area contributed by atoms with E-state index in [4.69, 9.17) is 11.6 Å². The molecule has 0 bridgehead atoms. The number of hydrogen-bond donors (Lipinski definition) is 1. The van der Waals surface area contributed by atoms with Crippen molar-refractivity contribution in [3.63, 3.8) is 0 Å². The van der Waals surface area contributed by atoms with Gasteiger partial charge in [0, 0.05) is 16.9 Å². The molecule has 1 aliphatic rings. The van der Waals surface area contributed by atoms with Crippen molar-refractivity contribution < 1.29 is 0 Å². The lowest BCUT2D eigenvalue weighted by molar-refractivity contribution is 0.696. The Balaban J connectivity index is 1.71. The van der Waals surface area contributed by atoms with Crippen molar-refractivity contribution >= 4 is 28.8 Å². The Hall–Kier alpha value is -1.20. The highest BCUT2D eigenvalue weighted by Crippen LogP contribution is 2.33. The number of aromatic nitrogens is 3. The van der Waals surface area contributed by atoms with Gasteiger partial charge in [-0.25, -0.2) is 15.0 Å². The summed E-state index contributed by atoms with van der Waals surface area (Å²) in [6.45, 7) is 6.76. The molecule has 2 aromatic rings. The fourth-order valence-corrected chi connectivity index (χ4v) is 3.52. The van der Waals surface area contributed by atoms with E-state index in [0.29, 0.717) is 5.15 Å². The van der Waals surface area contributed by atoms with E-state index in [-0.39, 0.29) is 0 Å². The average Bonchev–Trinajstić information content (AvgIpc) is 3.24. The van der Waals surface area contributed by atoms with Crippen molar-refractivity contribution in [3.05, 3.63) is 32.1 Å². The van der Waals surface area contributed by atoms with Gasteiger partial charge in [0.05, 0.1) is 17.2 Å². The van der Waals surface area contributed by atoms with Gasteiger partial charge in [-0.05, 0) is 33.1 Å². The van der Waals surface area contributed by atoms with E-state index in [1.165, 1.54) is 24.1 Å². The highest BCUT2D eigenvalue weighted by atomic mass is 35.5.